The summed E-state index contributed by atoms with van der Waals surface area (Å²) in [7, 11) is 1.78. The van der Waals surface area contributed by atoms with E-state index in [1.807, 2.05) is 6.26 Å². The van der Waals surface area contributed by atoms with Crippen LogP contribution in [0.2, 0.25) is 0 Å². The second-order valence-corrected chi connectivity index (χ2v) is 5.74. The molecule has 1 unspecified atom stereocenters. The first-order valence-corrected chi connectivity index (χ1v) is 8.20. The quantitative estimate of drug-likeness (QED) is 0.812. The number of hydrogen-bond acceptors (Lipinski definition) is 3. The number of rotatable bonds is 7. The molecule has 1 aromatic carbocycles. The van der Waals surface area contributed by atoms with Crippen molar-refractivity contribution in [1.29, 1.82) is 0 Å². The molecular formula is C15H22N2O3S. The monoisotopic (exact) mass is 310 g/mol. The predicted molar refractivity (Wildman–Crippen MR) is 87.0 cm³/mol. The lowest BCUT2D eigenvalue weighted by atomic mass is 10.1. The Labute approximate surface area is 129 Å². The highest BCUT2D eigenvalue weighted by atomic mass is 32.2. The van der Waals surface area contributed by atoms with E-state index in [0.717, 1.165) is 12.2 Å². The van der Waals surface area contributed by atoms with Crippen molar-refractivity contribution < 1.29 is 14.7 Å². The molecule has 5 nitrogen and oxygen atoms in total. The Morgan fingerprint density at radius 2 is 2.14 bits per heavy atom. The third-order valence-electron chi connectivity index (χ3n) is 3.23. The minimum atomic E-state index is -0.887. The van der Waals surface area contributed by atoms with Crippen LogP contribution in [-0.2, 0) is 11.2 Å². The molecule has 6 heteroatoms. The largest absolute Gasteiger partial charge is 0.481 e. The maximum absolute atomic E-state index is 12.2. The van der Waals surface area contributed by atoms with Crippen molar-refractivity contribution in [3.8, 4) is 0 Å². The number of hydrogen-bond donors (Lipinski definition) is 2. The van der Waals surface area contributed by atoms with Gasteiger partial charge in [-0.05, 0) is 30.4 Å². The van der Waals surface area contributed by atoms with Gasteiger partial charge in [-0.3, -0.25) is 4.79 Å². The average molecular weight is 310 g/mol. The lowest BCUT2D eigenvalue weighted by molar-refractivity contribution is -0.136. The highest BCUT2D eigenvalue weighted by Gasteiger charge is 2.17. The second kappa shape index (κ2) is 8.56. The number of amides is 2. The van der Waals surface area contributed by atoms with Crippen LogP contribution in [0, 0.1) is 0 Å². The van der Waals surface area contributed by atoms with E-state index in [1.165, 1.54) is 0 Å². The molecular weight excluding hydrogens is 288 g/mol. The molecule has 0 saturated carbocycles. The Hall–Kier alpha value is -1.69. The van der Waals surface area contributed by atoms with E-state index in [9.17, 15) is 9.59 Å². The maximum Gasteiger partial charge on any atom is 0.321 e. The summed E-state index contributed by atoms with van der Waals surface area (Å²) in [5.41, 5.74) is 1.28. The molecule has 0 aliphatic rings. The highest BCUT2D eigenvalue weighted by Crippen LogP contribution is 2.14. The van der Waals surface area contributed by atoms with Gasteiger partial charge in [-0.15, -0.1) is 0 Å². The van der Waals surface area contributed by atoms with E-state index >= 15 is 0 Å². The van der Waals surface area contributed by atoms with Crippen LogP contribution in [0.4, 0.5) is 10.5 Å². The van der Waals surface area contributed by atoms with Crippen molar-refractivity contribution in [3.63, 3.8) is 0 Å². The Kier molecular flexibility index (Phi) is 7.08. The average Bonchev–Trinajstić information content (AvgIpc) is 2.43. The molecule has 0 bridgehead atoms. The summed E-state index contributed by atoms with van der Waals surface area (Å²) >= 11 is 1.71. The fraction of sp³-hybridized carbons (Fsp3) is 0.467. The molecule has 1 rings (SSSR count). The number of carbonyl (C=O) groups excluding carboxylic acids is 1. The van der Waals surface area contributed by atoms with Gasteiger partial charge in [0.25, 0.3) is 0 Å². The summed E-state index contributed by atoms with van der Waals surface area (Å²) in [5, 5.41) is 11.6. The number of benzene rings is 1. The molecule has 0 aliphatic carbocycles. The van der Waals surface area contributed by atoms with Crippen molar-refractivity contribution in [1.82, 2.24) is 4.90 Å². The number of carbonyl (C=O) groups is 2. The molecule has 116 valence electrons. The molecule has 2 amide bonds. The SMILES string of the molecule is CCC(CSC)N(C)C(=O)Nc1cccc(CC(=O)O)c1. The molecule has 0 aliphatic heterocycles. The number of carboxylic acid groups (broad SMARTS) is 1. The van der Waals surface area contributed by atoms with Crippen molar-refractivity contribution in [2.75, 3.05) is 24.4 Å². The zero-order chi connectivity index (χ0) is 15.8. The van der Waals surface area contributed by atoms with Crippen molar-refractivity contribution >= 4 is 29.4 Å². The molecule has 2 N–H and O–H groups in total. The molecule has 1 atom stereocenters. The number of urea groups is 1. The van der Waals surface area contributed by atoms with Crippen LogP contribution in [0.15, 0.2) is 24.3 Å². The number of anilines is 1. The predicted octanol–water partition coefficient (Wildman–Crippen LogP) is 2.92. The van der Waals surface area contributed by atoms with E-state index in [1.54, 1.807) is 48.0 Å². The first-order chi connectivity index (χ1) is 9.97. The summed E-state index contributed by atoms with van der Waals surface area (Å²) in [5.74, 6) is 0.000971. The van der Waals surface area contributed by atoms with Gasteiger partial charge in [0.1, 0.15) is 0 Å². The summed E-state index contributed by atoms with van der Waals surface area (Å²) in [6.45, 7) is 2.05. The van der Waals surface area contributed by atoms with Gasteiger partial charge in [-0.2, -0.15) is 11.8 Å². The van der Waals surface area contributed by atoms with Crippen LogP contribution >= 0.6 is 11.8 Å². The van der Waals surface area contributed by atoms with E-state index < -0.39 is 5.97 Å². The maximum atomic E-state index is 12.2. The van der Waals surface area contributed by atoms with E-state index in [-0.39, 0.29) is 18.5 Å². The Morgan fingerprint density at radius 1 is 1.43 bits per heavy atom. The van der Waals surface area contributed by atoms with Crippen molar-refractivity contribution in [2.45, 2.75) is 25.8 Å². The smallest absolute Gasteiger partial charge is 0.321 e. The first kappa shape index (κ1) is 17.4. The van der Waals surface area contributed by atoms with Gasteiger partial charge >= 0.3 is 12.0 Å². The zero-order valence-corrected chi connectivity index (χ0v) is 13.4. The van der Waals surface area contributed by atoms with Crippen molar-refractivity contribution in [2.24, 2.45) is 0 Å². The Balaban J connectivity index is 2.71. The third kappa shape index (κ3) is 5.67. The molecule has 1 aromatic rings. The molecule has 0 heterocycles. The third-order valence-corrected chi connectivity index (χ3v) is 3.95. The lowest BCUT2D eigenvalue weighted by Crippen LogP contribution is -2.41. The second-order valence-electron chi connectivity index (χ2n) is 4.83. The lowest BCUT2D eigenvalue weighted by Gasteiger charge is -2.27. The molecule has 0 saturated heterocycles. The van der Waals surface area contributed by atoms with Crippen LogP contribution in [0.3, 0.4) is 0 Å². The van der Waals surface area contributed by atoms with Crippen LogP contribution in [0.25, 0.3) is 0 Å². The Morgan fingerprint density at radius 3 is 2.71 bits per heavy atom. The van der Waals surface area contributed by atoms with Gasteiger partial charge in [0.15, 0.2) is 0 Å². The number of aliphatic carboxylic acids is 1. The molecule has 0 spiro atoms. The molecule has 0 fully saturated rings. The van der Waals surface area contributed by atoms with Crippen LogP contribution < -0.4 is 5.32 Å². The summed E-state index contributed by atoms with van der Waals surface area (Å²) in [4.78, 5) is 24.6. The van der Waals surface area contributed by atoms with Gasteiger partial charge in [-0.25, -0.2) is 4.79 Å². The molecule has 0 aromatic heterocycles. The number of carboxylic acids is 1. The standard InChI is InChI=1S/C15H22N2O3S/c1-4-13(10-21-3)17(2)15(20)16-12-7-5-6-11(8-12)9-14(18)19/h5-8,13H,4,9-10H2,1-3H3,(H,16,20)(H,18,19). The van der Waals surface area contributed by atoms with E-state index in [2.05, 4.69) is 12.2 Å². The van der Waals surface area contributed by atoms with Crippen molar-refractivity contribution in [3.05, 3.63) is 29.8 Å². The topological polar surface area (TPSA) is 69.6 Å². The fourth-order valence-electron chi connectivity index (χ4n) is 2.01. The normalized spacial score (nSPS) is 11.8. The summed E-state index contributed by atoms with van der Waals surface area (Å²) < 4.78 is 0. The minimum Gasteiger partial charge on any atom is -0.481 e. The number of thioether (sulfide) groups is 1. The van der Waals surface area contributed by atoms with Gasteiger partial charge in [-0.1, -0.05) is 19.1 Å². The van der Waals surface area contributed by atoms with Gasteiger partial charge in [0.05, 0.1) is 6.42 Å². The first-order valence-electron chi connectivity index (χ1n) is 6.81. The minimum absolute atomic E-state index is 0.0520. The zero-order valence-electron chi connectivity index (χ0n) is 12.6. The summed E-state index contributed by atoms with van der Waals surface area (Å²) in [6, 6.07) is 6.93. The molecule has 21 heavy (non-hydrogen) atoms. The Bertz CT molecular complexity index is 494. The fourth-order valence-corrected chi connectivity index (χ4v) is 2.85. The summed E-state index contributed by atoms with van der Waals surface area (Å²) in [6.07, 6.45) is 2.86. The highest BCUT2D eigenvalue weighted by molar-refractivity contribution is 7.98. The molecule has 0 radical (unpaired) electrons. The van der Waals surface area contributed by atoms with Gasteiger partial charge in [0, 0.05) is 24.5 Å². The number of nitrogens with zero attached hydrogens (tertiary/aromatic N) is 1. The van der Waals surface area contributed by atoms with Gasteiger partial charge < -0.3 is 15.3 Å². The van der Waals surface area contributed by atoms with E-state index in [0.29, 0.717) is 11.3 Å². The van der Waals surface area contributed by atoms with E-state index in [4.69, 9.17) is 5.11 Å². The number of nitrogens with one attached hydrogen (secondary N) is 1. The van der Waals surface area contributed by atoms with Crippen LogP contribution in [0.5, 0.6) is 0 Å². The van der Waals surface area contributed by atoms with Crippen LogP contribution in [-0.4, -0.2) is 47.1 Å². The van der Waals surface area contributed by atoms with Crippen LogP contribution in [0.1, 0.15) is 18.9 Å². The van der Waals surface area contributed by atoms with Gasteiger partial charge in [0.2, 0.25) is 0 Å².